The second-order valence-corrected chi connectivity index (χ2v) is 7.06. The van der Waals surface area contributed by atoms with Crippen molar-refractivity contribution in [3.8, 4) is 5.75 Å². The van der Waals surface area contributed by atoms with Crippen molar-refractivity contribution in [1.29, 1.82) is 0 Å². The summed E-state index contributed by atoms with van der Waals surface area (Å²) in [6, 6.07) is 9.45. The molecule has 1 aromatic heterocycles. The van der Waals surface area contributed by atoms with Crippen LogP contribution in [0.4, 0.5) is 5.69 Å². The zero-order chi connectivity index (χ0) is 17.8. The maximum Gasteiger partial charge on any atom is 0.227 e. The van der Waals surface area contributed by atoms with Gasteiger partial charge in [-0.15, -0.1) is 11.3 Å². The van der Waals surface area contributed by atoms with E-state index in [0.717, 1.165) is 13.0 Å². The molecular weight excluding hydrogens is 336 g/mol. The minimum atomic E-state index is -0.0916. The summed E-state index contributed by atoms with van der Waals surface area (Å²) in [5, 5.41) is 2.07. The van der Waals surface area contributed by atoms with Crippen LogP contribution in [0.1, 0.15) is 23.3 Å². The predicted molar refractivity (Wildman–Crippen MR) is 99.1 cm³/mol. The lowest BCUT2D eigenvalue weighted by atomic mass is 10.1. The molecule has 2 amide bonds. The van der Waals surface area contributed by atoms with Crippen molar-refractivity contribution in [1.82, 2.24) is 4.90 Å². The topological polar surface area (TPSA) is 49.9 Å². The molecule has 0 aliphatic carbocycles. The standard InChI is InChI=1S/C19H22N2O3S/c1-20(15-5-3-4-6-16(15)24-2)18(22)7-8-19(23)21-11-9-17-14(13-21)10-12-25-17/h3-6,10,12H,7-9,11,13H2,1-2H3. The molecule has 2 heterocycles. The minimum absolute atomic E-state index is 0.0404. The molecule has 132 valence electrons. The molecule has 1 aromatic carbocycles. The lowest BCUT2D eigenvalue weighted by molar-refractivity contribution is -0.133. The Bertz CT molecular complexity index is 772. The van der Waals surface area contributed by atoms with Crippen molar-refractivity contribution >= 4 is 28.8 Å². The lowest BCUT2D eigenvalue weighted by Gasteiger charge is -2.27. The summed E-state index contributed by atoms with van der Waals surface area (Å²) in [7, 11) is 3.29. The molecular formula is C19H22N2O3S. The Morgan fingerprint density at radius 1 is 1.24 bits per heavy atom. The molecule has 6 heteroatoms. The number of ether oxygens (including phenoxy) is 1. The first-order valence-corrected chi connectivity index (χ1v) is 9.20. The summed E-state index contributed by atoms with van der Waals surface area (Å²) in [5.74, 6) is 0.593. The normalized spacial score (nSPS) is 13.3. The fourth-order valence-electron chi connectivity index (χ4n) is 3.04. The molecule has 1 aliphatic rings. The van der Waals surface area contributed by atoms with Gasteiger partial charge in [0, 0.05) is 37.9 Å². The molecule has 0 N–H and O–H groups in total. The van der Waals surface area contributed by atoms with Gasteiger partial charge in [0.25, 0.3) is 0 Å². The number of hydrogen-bond donors (Lipinski definition) is 0. The molecule has 2 aromatic rings. The van der Waals surface area contributed by atoms with Crippen LogP contribution in [0.3, 0.4) is 0 Å². The van der Waals surface area contributed by atoms with Crippen LogP contribution in [-0.4, -0.2) is 37.4 Å². The number of methoxy groups -OCH3 is 1. The molecule has 1 aliphatic heterocycles. The molecule has 3 rings (SSSR count). The Balaban J connectivity index is 1.56. The predicted octanol–water partition coefficient (Wildman–Crippen LogP) is 3.08. The number of fused-ring (bicyclic) bond motifs is 1. The Hall–Kier alpha value is -2.34. The van der Waals surface area contributed by atoms with E-state index in [2.05, 4.69) is 11.4 Å². The number of para-hydroxylation sites is 2. The van der Waals surface area contributed by atoms with Crippen molar-refractivity contribution in [2.75, 3.05) is 25.6 Å². The molecule has 0 atom stereocenters. The molecule has 5 nitrogen and oxygen atoms in total. The van der Waals surface area contributed by atoms with Crippen LogP contribution in [0, 0.1) is 0 Å². The van der Waals surface area contributed by atoms with Gasteiger partial charge in [-0.05, 0) is 35.6 Å². The van der Waals surface area contributed by atoms with Crippen LogP contribution in [0.15, 0.2) is 35.7 Å². The summed E-state index contributed by atoms with van der Waals surface area (Å²) in [4.78, 5) is 29.7. The molecule has 0 spiro atoms. The van der Waals surface area contributed by atoms with Crippen LogP contribution >= 0.6 is 11.3 Å². The fourth-order valence-corrected chi connectivity index (χ4v) is 3.93. The van der Waals surface area contributed by atoms with Gasteiger partial charge in [-0.2, -0.15) is 0 Å². The second kappa shape index (κ2) is 7.70. The Morgan fingerprint density at radius 3 is 2.84 bits per heavy atom. The van der Waals surface area contributed by atoms with Crippen LogP contribution in [0.5, 0.6) is 5.75 Å². The van der Waals surface area contributed by atoms with Gasteiger partial charge >= 0.3 is 0 Å². The summed E-state index contributed by atoms with van der Waals surface area (Å²) in [6.45, 7) is 1.40. The monoisotopic (exact) mass is 358 g/mol. The van der Waals surface area contributed by atoms with E-state index >= 15 is 0 Å². The summed E-state index contributed by atoms with van der Waals surface area (Å²) in [5.41, 5.74) is 1.95. The van der Waals surface area contributed by atoms with Crippen LogP contribution < -0.4 is 9.64 Å². The van der Waals surface area contributed by atoms with E-state index < -0.39 is 0 Å². The highest BCUT2D eigenvalue weighted by Crippen LogP contribution is 2.27. The number of anilines is 1. The van der Waals surface area contributed by atoms with Crippen molar-refractivity contribution in [3.63, 3.8) is 0 Å². The number of amides is 2. The quantitative estimate of drug-likeness (QED) is 0.825. The van der Waals surface area contributed by atoms with Crippen LogP contribution in [0.25, 0.3) is 0 Å². The van der Waals surface area contributed by atoms with Gasteiger partial charge in [0.15, 0.2) is 0 Å². The van der Waals surface area contributed by atoms with E-state index in [1.54, 1.807) is 30.4 Å². The largest absolute Gasteiger partial charge is 0.495 e. The van der Waals surface area contributed by atoms with Gasteiger partial charge < -0.3 is 14.5 Å². The van der Waals surface area contributed by atoms with E-state index in [-0.39, 0.29) is 24.7 Å². The number of rotatable bonds is 5. The highest BCUT2D eigenvalue weighted by Gasteiger charge is 2.23. The summed E-state index contributed by atoms with van der Waals surface area (Å²) >= 11 is 1.75. The fraction of sp³-hybridized carbons (Fsp3) is 0.368. The third-order valence-corrected chi connectivity index (χ3v) is 5.56. The second-order valence-electron chi connectivity index (χ2n) is 6.06. The first-order valence-electron chi connectivity index (χ1n) is 8.32. The summed E-state index contributed by atoms with van der Waals surface area (Å²) < 4.78 is 5.29. The highest BCUT2D eigenvalue weighted by atomic mass is 32.1. The first kappa shape index (κ1) is 17.5. The average Bonchev–Trinajstić information content (AvgIpc) is 3.12. The molecule has 0 saturated heterocycles. The van der Waals surface area contributed by atoms with E-state index in [0.29, 0.717) is 18.0 Å². The molecule has 0 fully saturated rings. The third-order valence-electron chi connectivity index (χ3n) is 4.53. The SMILES string of the molecule is COc1ccccc1N(C)C(=O)CCC(=O)N1CCc2sccc2C1. The van der Waals surface area contributed by atoms with Gasteiger partial charge in [0.05, 0.1) is 12.8 Å². The highest BCUT2D eigenvalue weighted by molar-refractivity contribution is 7.10. The molecule has 0 bridgehead atoms. The number of benzene rings is 1. The van der Waals surface area contributed by atoms with Gasteiger partial charge in [-0.3, -0.25) is 9.59 Å². The number of nitrogens with zero attached hydrogens (tertiary/aromatic N) is 2. The molecule has 25 heavy (non-hydrogen) atoms. The van der Waals surface area contributed by atoms with Crippen LogP contribution in [0.2, 0.25) is 0 Å². The maximum absolute atomic E-state index is 12.5. The molecule has 0 radical (unpaired) electrons. The average molecular weight is 358 g/mol. The maximum atomic E-state index is 12.5. The van der Waals surface area contributed by atoms with Gasteiger partial charge in [-0.1, -0.05) is 12.1 Å². The summed E-state index contributed by atoms with van der Waals surface area (Å²) in [6.07, 6.45) is 1.34. The van der Waals surface area contributed by atoms with Gasteiger partial charge in [-0.25, -0.2) is 0 Å². The number of carbonyl (C=O) groups is 2. The van der Waals surface area contributed by atoms with Crippen molar-refractivity contribution in [2.24, 2.45) is 0 Å². The molecule has 0 saturated carbocycles. The van der Waals surface area contributed by atoms with Crippen molar-refractivity contribution < 1.29 is 14.3 Å². The van der Waals surface area contributed by atoms with E-state index in [9.17, 15) is 9.59 Å². The smallest absolute Gasteiger partial charge is 0.227 e. The van der Waals surface area contributed by atoms with E-state index in [1.165, 1.54) is 10.4 Å². The Morgan fingerprint density at radius 2 is 2.04 bits per heavy atom. The van der Waals surface area contributed by atoms with Crippen LogP contribution in [-0.2, 0) is 22.6 Å². The number of thiophene rings is 1. The minimum Gasteiger partial charge on any atom is -0.495 e. The Labute approximate surface area is 151 Å². The zero-order valence-corrected chi connectivity index (χ0v) is 15.3. The lowest BCUT2D eigenvalue weighted by Crippen LogP contribution is -2.36. The van der Waals surface area contributed by atoms with E-state index in [4.69, 9.17) is 4.74 Å². The van der Waals surface area contributed by atoms with E-state index in [1.807, 2.05) is 29.2 Å². The van der Waals surface area contributed by atoms with Gasteiger partial charge in [0.2, 0.25) is 11.8 Å². The van der Waals surface area contributed by atoms with Crippen molar-refractivity contribution in [2.45, 2.75) is 25.8 Å². The third kappa shape index (κ3) is 3.85. The van der Waals surface area contributed by atoms with Crippen molar-refractivity contribution in [3.05, 3.63) is 46.2 Å². The van der Waals surface area contributed by atoms with Gasteiger partial charge in [0.1, 0.15) is 5.75 Å². The number of carbonyl (C=O) groups excluding carboxylic acids is 2. The Kier molecular flexibility index (Phi) is 5.38. The zero-order valence-electron chi connectivity index (χ0n) is 14.5. The first-order chi connectivity index (χ1) is 12.1. The number of hydrogen-bond acceptors (Lipinski definition) is 4. The molecule has 0 unspecified atom stereocenters.